The molecule has 7 aromatic heterocycles. The molecule has 0 aliphatic rings. The molecular formula is C115H116N10. The van der Waals surface area contributed by atoms with E-state index in [4.69, 9.17) is 26.3 Å². The maximum atomic E-state index is 9.15. The number of rotatable bonds is 3. The van der Waals surface area contributed by atoms with Crippen molar-refractivity contribution in [3.05, 3.63) is 343 Å². The molecule has 0 amide bonds. The third kappa shape index (κ3) is 15.9. The Morgan fingerprint density at radius 3 is 1.25 bits per heavy atom. The van der Waals surface area contributed by atoms with E-state index in [0.717, 1.165) is 38.7 Å². The highest BCUT2D eigenvalue weighted by molar-refractivity contribution is 6.16. The van der Waals surface area contributed by atoms with E-state index < -0.39 is 5.54 Å². The largest absolute Gasteiger partial charge is 0.336 e. The molecule has 0 saturated heterocycles. The third-order valence-corrected chi connectivity index (χ3v) is 23.2. The molecule has 0 spiro atoms. The molecule has 10 nitrogen and oxygen atoms in total. The topological polar surface area (TPSA) is 73.9 Å². The minimum atomic E-state index is -0.573. The van der Waals surface area contributed by atoms with Gasteiger partial charge >= 0.3 is 0 Å². The number of anilines is 2. The summed E-state index contributed by atoms with van der Waals surface area (Å²) in [7, 11) is 0. The number of para-hydroxylation sites is 13. The SMILES string of the molecule is C#Cc1ccc2c(c1)c1cc(C#N)ccc1n2C(C)(C)C.CC(C)(C)N(c1ccccc1)c1ccccc1.CC(C)(C)n1c2ccccc2c2cccc(-n3c4ccccc4c4ccccc43)c21.CC(C)(C)n1c2ccccc2n2c3ccccc3nc12.Cc1cccc2c3cccc(C)c3n(C(C)(C)C)c12.[2H]c1c([2H])c([2H])c2c(c1[2H])c1c([2H])c([2H])c(C)c([2H])c1n2C(C)(C)C. The molecule has 0 fully saturated rings. The van der Waals surface area contributed by atoms with Crippen molar-refractivity contribution in [2.45, 2.75) is 179 Å². The minimum absolute atomic E-state index is 0.00820. The number of terminal acetylenes is 1. The lowest BCUT2D eigenvalue weighted by Crippen LogP contribution is -2.37. The van der Waals surface area contributed by atoms with E-state index in [2.05, 4.69) is 398 Å². The Morgan fingerprint density at radius 2 is 0.736 bits per heavy atom. The summed E-state index contributed by atoms with van der Waals surface area (Å²) < 4.78 is 73.7. The average Bonchev–Trinajstić information content (AvgIpc) is 1.54. The smallest absolute Gasteiger partial charge is 0.216 e. The number of nitriles is 1. The van der Waals surface area contributed by atoms with Gasteiger partial charge in [-0.2, -0.15) is 5.26 Å². The average molecular weight is 1650 g/mol. The Balaban J connectivity index is 0.000000117. The van der Waals surface area contributed by atoms with Crippen molar-refractivity contribution in [3.8, 4) is 24.1 Å². The zero-order valence-corrected chi connectivity index (χ0v) is 76.0. The second-order valence-electron chi connectivity index (χ2n) is 38.6. The Morgan fingerprint density at radius 1 is 0.328 bits per heavy atom. The molecule has 0 atom stereocenters. The molecule has 14 aromatic carbocycles. The number of aryl methyl sites for hydroxylation is 2. The van der Waals surface area contributed by atoms with Crippen molar-refractivity contribution in [1.29, 1.82) is 5.26 Å². The monoisotopic (exact) mass is 1640 g/mol. The number of hydrogen-bond donors (Lipinski definition) is 0. The molecule has 0 radical (unpaired) electrons. The summed E-state index contributed by atoms with van der Waals surface area (Å²) in [4.78, 5) is 7.20. The molecule has 10 heteroatoms. The van der Waals surface area contributed by atoms with Crippen LogP contribution in [0.3, 0.4) is 0 Å². The first kappa shape index (κ1) is 76.1. The molecule has 7 heterocycles. The van der Waals surface area contributed by atoms with Crippen LogP contribution in [-0.2, 0) is 27.7 Å². The van der Waals surface area contributed by atoms with Crippen molar-refractivity contribution >= 4 is 148 Å². The number of benzene rings is 14. The molecule has 0 unspecified atom stereocenters. The van der Waals surface area contributed by atoms with Crippen molar-refractivity contribution in [2.24, 2.45) is 0 Å². The van der Waals surface area contributed by atoms with Gasteiger partial charge in [0.25, 0.3) is 0 Å². The summed E-state index contributed by atoms with van der Waals surface area (Å²) in [6, 6.07) is 96.9. The van der Waals surface area contributed by atoms with Crippen LogP contribution in [0.2, 0.25) is 0 Å². The van der Waals surface area contributed by atoms with Gasteiger partial charge in [0, 0.05) is 132 Å². The van der Waals surface area contributed by atoms with Gasteiger partial charge in [-0.1, -0.05) is 200 Å². The fraction of sp³-hybridized carbons (Fsp3) is 0.235. The molecule has 125 heavy (non-hydrogen) atoms. The molecule has 0 saturated carbocycles. The quantitative estimate of drug-likeness (QED) is 0.165. The van der Waals surface area contributed by atoms with E-state index in [1.807, 2.05) is 57.2 Å². The van der Waals surface area contributed by atoms with Gasteiger partial charge in [0.05, 0.1) is 76.6 Å². The van der Waals surface area contributed by atoms with Gasteiger partial charge in [-0.25, -0.2) is 4.98 Å². The van der Waals surface area contributed by atoms with Gasteiger partial charge in [0.1, 0.15) is 0 Å². The predicted molar refractivity (Wildman–Crippen MR) is 537 cm³/mol. The van der Waals surface area contributed by atoms with Crippen LogP contribution in [0.5, 0.6) is 0 Å². The second-order valence-corrected chi connectivity index (χ2v) is 38.6. The highest BCUT2D eigenvalue weighted by atomic mass is 15.2. The van der Waals surface area contributed by atoms with Crippen LogP contribution in [0.15, 0.2) is 315 Å². The molecule has 0 aliphatic carbocycles. The van der Waals surface area contributed by atoms with Crippen LogP contribution in [0.25, 0.3) is 143 Å². The molecule has 0 N–H and O–H groups in total. The Hall–Kier alpha value is -13.8. The van der Waals surface area contributed by atoms with E-state index in [0.29, 0.717) is 16.6 Å². The number of fused-ring (bicyclic) bond motifs is 20. The molecule has 21 rings (SSSR count). The summed E-state index contributed by atoms with van der Waals surface area (Å²) in [5.41, 5.74) is 23.2. The molecule has 0 aliphatic heterocycles. The first-order valence-electron chi connectivity index (χ1n) is 46.7. The zero-order valence-electron chi connectivity index (χ0n) is 83.0. The van der Waals surface area contributed by atoms with Gasteiger partial charge in [-0.05, 0) is 283 Å². The van der Waals surface area contributed by atoms with E-state index in [1.165, 1.54) is 110 Å². The summed E-state index contributed by atoms with van der Waals surface area (Å²) in [5.74, 6) is 3.70. The van der Waals surface area contributed by atoms with Gasteiger partial charge < -0.3 is 32.3 Å². The Labute approximate surface area is 746 Å². The van der Waals surface area contributed by atoms with Gasteiger partial charge in [-0.3, -0.25) is 4.40 Å². The zero-order chi connectivity index (χ0) is 94.7. The molecule has 21 aromatic rings. The summed E-state index contributed by atoms with van der Waals surface area (Å²) in [6.45, 7) is 45.3. The minimum Gasteiger partial charge on any atom is -0.336 e. The second kappa shape index (κ2) is 32.8. The number of nitrogens with zero attached hydrogens (tertiary/aromatic N) is 10. The maximum Gasteiger partial charge on any atom is 0.216 e. The van der Waals surface area contributed by atoms with Crippen LogP contribution in [0, 0.1) is 44.4 Å². The van der Waals surface area contributed by atoms with Crippen LogP contribution in [0.1, 0.15) is 162 Å². The van der Waals surface area contributed by atoms with Gasteiger partial charge in [0.15, 0.2) is 0 Å². The van der Waals surface area contributed by atoms with Gasteiger partial charge in [0.2, 0.25) is 5.78 Å². The fourth-order valence-corrected chi connectivity index (χ4v) is 18.5. The lowest BCUT2D eigenvalue weighted by atomic mass is 10.0. The molecule has 0 bridgehead atoms. The van der Waals surface area contributed by atoms with E-state index in [9.17, 15) is 0 Å². The van der Waals surface area contributed by atoms with Crippen molar-refractivity contribution in [2.75, 3.05) is 4.90 Å². The summed E-state index contributed by atoms with van der Waals surface area (Å²) >= 11 is 0. The van der Waals surface area contributed by atoms with Crippen LogP contribution in [0.4, 0.5) is 11.4 Å². The van der Waals surface area contributed by atoms with Crippen LogP contribution in [-0.4, -0.2) is 42.3 Å². The first-order chi connectivity index (χ1) is 62.5. The molecular weight excluding hydrogens is 1520 g/mol. The number of hydrogen-bond acceptors (Lipinski definition) is 3. The van der Waals surface area contributed by atoms with Gasteiger partial charge in [-0.15, -0.1) is 6.42 Å². The fourth-order valence-electron chi connectivity index (χ4n) is 18.5. The summed E-state index contributed by atoms with van der Waals surface area (Å²) in [6.07, 6.45) is 5.52. The highest BCUT2D eigenvalue weighted by Gasteiger charge is 2.30. The Bertz CT molecular complexity index is 7870. The summed E-state index contributed by atoms with van der Waals surface area (Å²) in [5, 5.41) is 19.7. The maximum absolute atomic E-state index is 9.15. The normalized spacial score (nSPS) is 13.0. The van der Waals surface area contributed by atoms with Crippen molar-refractivity contribution in [1.82, 2.24) is 36.8 Å². The molecule has 626 valence electrons. The van der Waals surface area contributed by atoms with Crippen molar-refractivity contribution < 1.29 is 9.60 Å². The van der Waals surface area contributed by atoms with E-state index >= 15 is 0 Å². The third-order valence-electron chi connectivity index (χ3n) is 23.2. The predicted octanol–water partition coefficient (Wildman–Crippen LogP) is 30.9. The van der Waals surface area contributed by atoms with Crippen LogP contribution < -0.4 is 4.90 Å². The van der Waals surface area contributed by atoms with E-state index in [-0.39, 0.29) is 86.3 Å². The van der Waals surface area contributed by atoms with E-state index in [1.54, 1.807) is 11.5 Å². The van der Waals surface area contributed by atoms with Crippen LogP contribution >= 0.6 is 0 Å². The lowest BCUT2D eigenvalue weighted by Gasteiger charge is -2.37. The highest BCUT2D eigenvalue weighted by Crippen LogP contribution is 2.44. The first-order valence-corrected chi connectivity index (χ1v) is 43.2. The lowest BCUT2D eigenvalue weighted by molar-refractivity contribution is 0.419. The standard InChI is InChI=1S/C28H24N2.C19H16N2.C18H21N.C17H17N3.C17H19N.C16H19N/c1-28(2,3)30-25-17-9-6-13-21(25)22-14-10-18-26(27(22)30)29-23-15-7-4-11-19(23)20-12-5-8-16-24(20)29;1-5-13-6-8-17-15(10-13)16-11-14(12-20)7-9-18(16)21(17)19(2,3)4;1-12-8-6-10-14-15-11-7-9-13(2)17(15)19(16(12)14)18(3,4)5;1-17(2,3)20-15-11-7-6-10-14(15)19-13-9-5-4-8-12(13)18-16(19)20;1-12-9-10-14-13-7-5-6-8-15(13)18(16(14)11-12)17(2,3)4;1-16(2,3)17(14-10-6-4-7-11-14)15-12-8-5-9-13-15/h4-18H,1-3H3;1,6-11H,2-4H3;6-11H,1-5H3;4-11H,1-3H3;5-11H,1-4H3;4-13H,1-3H3/i;;;;5D,6D,7D,8D,9D,10D,11D;. The number of aromatic nitrogens is 8. The number of imidazole rings is 2. The Kier molecular flexibility index (Phi) is 20.0. The van der Waals surface area contributed by atoms with Crippen molar-refractivity contribution in [3.63, 3.8) is 0 Å².